The Balaban J connectivity index is 2.33. The van der Waals surface area contributed by atoms with Gasteiger partial charge in [-0.1, -0.05) is 48.6 Å². The first kappa shape index (κ1) is 12.1. The molecule has 2 rings (SSSR count). The van der Waals surface area contributed by atoms with Crippen LogP contribution >= 0.6 is 0 Å². The van der Waals surface area contributed by atoms with E-state index in [2.05, 4.69) is 24.3 Å². The van der Waals surface area contributed by atoms with Gasteiger partial charge in [0.05, 0.1) is 0 Å². The number of allylic oxidation sites excluding steroid dienone is 3. The zero-order chi connectivity index (χ0) is 13.0. The molecule has 0 amide bonds. The summed E-state index contributed by atoms with van der Waals surface area (Å²) in [5.74, 6) is -0.933. The average Bonchev–Trinajstić information content (AvgIpc) is 2.37. The standard InChI is InChI=1S/C16H14O2/c1-12(5-4-8-16(17)18)14-10-9-13-6-2-3-7-15(13)11-14/h2-11H,1H3,(H,17,18)/b8-4+,12-5+. The molecule has 0 heterocycles. The second kappa shape index (κ2) is 5.32. The van der Waals surface area contributed by atoms with E-state index in [0.29, 0.717) is 0 Å². The minimum atomic E-state index is -0.933. The van der Waals surface area contributed by atoms with Gasteiger partial charge in [0.15, 0.2) is 0 Å². The second-order valence-electron chi connectivity index (χ2n) is 4.11. The molecule has 2 heteroatoms. The fourth-order valence-electron chi connectivity index (χ4n) is 1.81. The second-order valence-corrected chi connectivity index (χ2v) is 4.11. The van der Waals surface area contributed by atoms with Crippen molar-refractivity contribution in [3.05, 3.63) is 66.3 Å². The molecule has 2 aromatic rings. The van der Waals surface area contributed by atoms with E-state index >= 15 is 0 Å². The van der Waals surface area contributed by atoms with Crippen LogP contribution in [0, 0.1) is 0 Å². The molecule has 1 N–H and O–H groups in total. The van der Waals surface area contributed by atoms with Crippen LogP contribution in [0.1, 0.15) is 12.5 Å². The van der Waals surface area contributed by atoms with Crippen LogP contribution in [-0.2, 0) is 4.79 Å². The largest absolute Gasteiger partial charge is 0.478 e. The summed E-state index contributed by atoms with van der Waals surface area (Å²) in [6.07, 6.45) is 4.48. The summed E-state index contributed by atoms with van der Waals surface area (Å²) in [5, 5.41) is 10.9. The number of carboxylic acid groups (broad SMARTS) is 1. The molecule has 0 aliphatic heterocycles. The van der Waals surface area contributed by atoms with E-state index in [1.54, 1.807) is 12.2 Å². The number of hydrogen-bond donors (Lipinski definition) is 1. The van der Waals surface area contributed by atoms with Crippen molar-refractivity contribution in [3.63, 3.8) is 0 Å². The van der Waals surface area contributed by atoms with Gasteiger partial charge >= 0.3 is 5.97 Å². The van der Waals surface area contributed by atoms with Gasteiger partial charge in [-0.05, 0) is 34.9 Å². The van der Waals surface area contributed by atoms with Gasteiger partial charge in [-0.25, -0.2) is 4.79 Å². The SMILES string of the molecule is C/C(=C\C=C\C(=O)O)c1ccc2ccccc2c1. The third-order valence-corrected chi connectivity index (χ3v) is 2.79. The lowest BCUT2D eigenvalue weighted by Gasteiger charge is -2.03. The predicted molar refractivity (Wildman–Crippen MR) is 74.4 cm³/mol. The maximum Gasteiger partial charge on any atom is 0.328 e. The molecule has 0 aromatic heterocycles. The van der Waals surface area contributed by atoms with Gasteiger partial charge in [0.1, 0.15) is 0 Å². The highest BCUT2D eigenvalue weighted by molar-refractivity contribution is 5.86. The lowest BCUT2D eigenvalue weighted by molar-refractivity contribution is -0.131. The van der Waals surface area contributed by atoms with Crippen LogP contribution in [0.25, 0.3) is 16.3 Å². The molecule has 0 radical (unpaired) electrons. The van der Waals surface area contributed by atoms with Gasteiger partial charge in [0.25, 0.3) is 0 Å². The summed E-state index contributed by atoms with van der Waals surface area (Å²) in [6.45, 7) is 1.97. The number of carbonyl (C=O) groups is 1. The summed E-state index contributed by atoms with van der Waals surface area (Å²) in [6, 6.07) is 14.4. The summed E-state index contributed by atoms with van der Waals surface area (Å²) >= 11 is 0. The topological polar surface area (TPSA) is 37.3 Å². The molecule has 0 saturated carbocycles. The van der Waals surface area contributed by atoms with Crippen molar-refractivity contribution in [1.29, 1.82) is 0 Å². The summed E-state index contributed by atoms with van der Waals surface area (Å²) in [7, 11) is 0. The van der Waals surface area contributed by atoms with E-state index in [9.17, 15) is 4.79 Å². The molecule has 0 bridgehead atoms. The van der Waals surface area contributed by atoms with E-state index in [4.69, 9.17) is 5.11 Å². The Morgan fingerprint density at radius 2 is 1.83 bits per heavy atom. The minimum Gasteiger partial charge on any atom is -0.478 e. The van der Waals surface area contributed by atoms with E-state index < -0.39 is 5.97 Å². The van der Waals surface area contributed by atoms with Crippen molar-refractivity contribution >= 4 is 22.3 Å². The van der Waals surface area contributed by atoms with Crippen molar-refractivity contribution < 1.29 is 9.90 Å². The van der Waals surface area contributed by atoms with Crippen LogP contribution in [0.15, 0.2) is 60.7 Å². The van der Waals surface area contributed by atoms with Crippen molar-refractivity contribution in [3.8, 4) is 0 Å². The Hall–Kier alpha value is -2.35. The first-order valence-corrected chi connectivity index (χ1v) is 5.74. The molecule has 0 fully saturated rings. The molecule has 0 aliphatic carbocycles. The zero-order valence-electron chi connectivity index (χ0n) is 10.1. The Bertz CT molecular complexity index is 636. The monoisotopic (exact) mass is 238 g/mol. The molecule has 0 spiro atoms. The first-order chi connectivity index (χ1) is 8.66. The molecule has 18 heavy (non-hydrogen) atoms. The normalized spacial score (nSPS) is 12.2. The third-order valence-electron chi connectivity index (χ3n) is 2.79. The van der Waals surface area contributed by atoms with Gasteiger partial charge in [-0.3, -0.25) is 0 Å². The van der Waals surface area contributed by atoms with E-state index in [1.807, 2.05) is 25.1 Å². The molecular formula is C16H14O2. The third kappa shape index (κ3) is 2.86. The quantitative estimate of drug-likeness (QED) is 0.650. The average molecular weight is 238 g/mol. The Kier molecular flexibility index (Phi) is 3.58. The van der Waals surface area contributed by atoms with Crippen molar-refractivity contribution in [2.45, 2.75) is 6.92 Å². The van der Waals surface area contributed by atoms with Gasteiger partial charge in [0.2, 0.25) is 0 Å². The predicted octanol–water partition coefficient (Wildman–Crippen LogP) is 3.88. The summed E-state index contributed by atoms with van der Waals surface area (Å²) in [5.41, 5.74) is 2.14. The maximum atomic E-state index is 10.4. The number of rotatable bonds is 3. The van der Waals surface area contributed by atoms with E-state index in [0.717, 1.165) is 17.2 Å². The lowest BCUT2D eigenvalue weighted by atomic mass is 10.0. The molecule has 2 nitrogen and oxygen atoms in total. The van der Waals surface area contributed by atoms with Crippen LogP contribution in [-0.4, -0.2) is 11.1 Å². The molecule has 90 valence electrons. The van der Waals surface area contributed by atoms with Crippen LogP contribution < -0.4 is 0 Å². The van der Waals surface area contributed by atoms with Gasteiger partial charge in [0, 0.05) is 6.08 Å². The fourth-order valence-corrected chi connectivity index (χ4v) is 1.81. The zero-order valence-corrected chi connectivity index (χ0v) is 10.1. The molecule has 2 aromatic carbocycles. The number of aliphatic carboxylic acids is 1. The molecule has 0 saturated heterocycles. The first-order valence-electron chi connectivity index (χ1n) is 5.74. The molecule has 0 atom stereocenters. The fraction of sp³-hybridized carbons (Fsp3) is 0.0625. The van der Waals surface area contributed by atoms with E-state index in [-0.39, 0.29) is 0 Å². The van der Waals surface area contributed by atoms with Crippen molar-refractivity contribution in [2.75, 3.05) is 0 Å². The van der Waals surface area contributed by atoms with Crippen LogP contribution in [0.5, 0.6) is 0 Å². The van der Waals surface area contributed by atoms with Gasteiger partial charge in [-0.2, -0.15) is 0 Å². The molecular weight excluding hydrogens is 224 g/mol. The Morgan fingerprint density at radius 1 is 1.11 bits per heavy atom. The van der Waals surface area contributed by atoms with Gasteiger partial charge in [-0.15, -0.1) is 0 Å². The van der Waals surface area contributed by atoms with Crippen LogP contribution in [0.2, 0.25) is 0 Å². The number of benzene rings is 2. The number of hydrogen-bond acceptors (Lipinski definition) is 1. The Labute approximate surface area is 106 Å². The number of fused-ring (bicyclic) bond motifs is 1. The van der Waals surface area contributed by atoms with Crippen molar-refractivity contribution in [2.24, 2.45) is 0 Å². The smallest absolute Gasteiger partial charge is 0.328 e. The molecule has 0 unspecified atom stereocenters. The minimum absolute atomic E-state index is 0.933. The maximum absolute atomic E-state index is 10.4. The van der Waals surface area contributed by atoms with Crippen molar-refractivity contribution in [1.82, 2.24) is 0 Å². The Morgan fingerprint density at radius 3 is 2.56 bits per heavy atom. The molecule has 0 aliphatic rings. The highest BCUT2D eigenvalue weighted by Gasteiger charge is 1.97. The lowest BCUT2D eigenvalue weighted by Crippen LogP contribution is -1.85. The number of carboxylic acids is 1. The van der Waals surface area contributed by atoms with E-state index in [1.165, 1.54) is 10.8 Å². The summed E-state index contributed by atoms with van der Waals surface area (Å²) < 4.78 is 0. The summed E-state index contributed by atoms with van der Waals surface area (Å²) in [4.78, 5) is 10.4. The highest BCUT2D eigenvalue weighted by Crippen LogP contribution is 2.20. The van der Waals surface area contributed by atoms with Gasteiger partial charge < -0.3 is 5.11 Å². The highest BCUT2D eigenvalue weighted by atomic mass is 16.4. The van der Waals surface area contributed by atoms with Crippen LogP contribution in [0.3, 0.4) is 0 Å². The van der Waals surface area contributed by atoms with Crippen LogP contribution in [0.4, 0.5) is 0 Å².